The lowest BCUT2D eigenvalue weighted by Gasteiger charge is -2.16. The van der Waals surface area contributed by atoms with Crippen molar-refractivity contribution in [2.24, 2.45) is 0 Å². The molecule has 26 heavy (non-hydrogen) atoms. The highest BCUT2D eigenvalue weighted by molar-refractivity contribution is 7.59. The Labute approximate surface area is 150 Å². The Balaban J connectivity index is 0.00000243. The zero-order chi connectivity index (χ0) is 18.5. The maximum Gasteiger partial charge on any atom is 0.798 e. The van der Waals surface area contributed by atoms with Gasteiger partial charge in [0.2, 0.25) is 11.2 Å². The molecule has 1 aromatic carbocycles. The number of aromatic nitrogens is 1. The third kappa shape index (κ3) is 3.25. The first-order valence-electron chi connectivity index (χ1n) is 7.00. The van der Waals surface area contributed by atoms with E-state index in [1.165, 1.54) is 0 Å². The number of benzene rings is 1. The van der Waals surface area contributed by atoms with E-state index in [1.807, 2.05) is 0 Å². The van der Waals surface area contributed by atoms with Crippen LogP contribution < -0.4 is 10.2 Å². The van der Waals surface area contributed by atoms with Crippen LogP contribution in [-0.4, -0.2) is 31.3 Å². The SMILES string of the molecule is COc1c(F)c(F)cc2c(=O)c(C(=O)OB(F)F)cn([C@@H]3C[C@@H]3F)c12.S. The Morgan fingerprint density at radius 3 is 2.46 bits per heavy atom. The van der Waals surface area contributed by atoms with Crippen LogP contribution in [0.5, 0.6) is 5.75 Å². The van der Waals surface area contributed by atoms with Gasteiger partial charge in [-0.2, -0.15) is 17.9 Å². The minimum absolute atomic E-state index is 0. The lowest BCUT2D eigenvalue weighted by molar-refractivity contribution is 0.0693. The second kappa shape index (κ2) is 7.18. The first kappa shape index (κ1) is 20.1. The highest BCUT2D eigenvalue weighted by atomic mass is 32.1. The standard InChI is InChI=1S/C14H9BF5NO4.H2S/c1-24-13-10(18)8(17)2-5-11(13)21(9-3-7(9)16)4-6(12(5)22)14(23)25-15(19)20;/h2,4,7,9H,3H2,1H3;1H2/t7-,9+;/m0./s1. The van der Waals surface area contributed by atoms with Crippen molar-refractivity contribution in [3.8, 4) is 5.75 Å². The maximum atomic E-state index is 14.0. The molecule has 12 heteroatoms. The summed E-state index contributed by atoms with van der Waals surface area (Å²) in [6.07, 6.45) is -0.578. The molecule has 0 radical (unpaired) electrons. The molecular formula is C14H11BF5NO4S. The van der Waals surface area contributed by atoms with Crippen molar-refractivity contribution in [2.75, 3.05) is 7.11 Å². The Kier molecular flexibility index (Phi) is 5.54. The van der Waals surface area contributed by atoms with Gasteiger partial charge in [0.05, 0.1) is 24.1 Å². The molecule has 0 N–H and O–H groups in total. The monoisotopic (exact) mass is 395 g/mol. The predicted octanol–water partition coefficient (Wildman–Crippen LogP) is 2.76. The number of pyridine rings is 1. The molecule has 2 aromatic rings. The third-order valence-electron chi connectivity index (χ3n) is 3.82. The van der Waals surface area contributed by atoms with Gasteiger partial charge in [-0.05, 0) is 6.07 Å². The van der Waals surface area contributed by atoms with Gasteiger partial charge >= 0.3 is 13.4 Å². The Morgan fingerprint density at radius 1 is 1.35 bits per heavy atom. The largest absolute Gasteiger partial charge is 0.798 e. The molecule has 0 aliphatic heterocycles. The van der Waals surface area contributed by atoms with Gasteiger partial charge in [0.15, 0.2) is 11.6 Å². The van der Waals surface area contributed by atoms with E-state index in [4.69, 9.17) is 4.74 Å². The molecule has 1 heterocycles. The minimum atomic E-state index is -3.48. The first-order valence-corrected chi connectivity index (χ1v) is 7.00. The Morgan fingerprint density at radius 2 is 1.96 bits per heavy atom. The molecule has 0 spiro atoms. The molecule has 1 aliphatic rings. The molecule has 1 aliphatic carbocycles. The molecule has 140 valence electrons. The summed E-state index contributed by atoms with van der Waals surface area (Å²) in [4.78, 5) is 24.1. The van der Waals surface area contributed by atoms with Gasteiger partial charge < -0.3 is 14.0 Å². The van der Waals surface area contributed by atoms with Gasteiger partial charge in [-0.1, -0.05) is 0 Å². The van der Waals surface area contributed by atoms with Crippen LogP contribution in [0.25, 0.3) is 10.9 Å². The van der Waals surface area contributed by atoms with Crippen LogP contribution in [0.1, 0.15) is 22.8 Å². The summed E-state index contributed by atoms with van der Waals surface area (Å²) in [7, 11) is -2.46. The fourth-order valence-corrected chi connectivity index (χ4v) is 2.61. The minimum Gasteiger partial charge on any atom is -0.491 e. The van der Waals surface area contributed by atoms with Crippen LogP contribution in [0, 0.1) is 11.6 Å². The molecular weight excluding hydrogens is 384 g/mol. The van der Waals surface area contributed by atoms with Gasteiger partial charge in [-0.3, -0.25) is 4.79 Å². The van der Waals surface area contributed by atoms with Crippen molar-refractivity contribution < 1.29 is 36.0 Å². The number of methoxy groups -OCH3 is 1. The van der Waals surface area contributed by atoms with Crippen LogP contribution in [0.4, 0.5) is 21.8 Å². The molecule has 0 saturated heterocycles. The maximum absolute atomic E-state index is 14.0. The van der Waals surface area contributed by atoms with E-state index in [-0.39, 0.29) is 25.4 Å². The number of hydrogen-bond acceptors (Lipinski definition) is 4. The topological polar surface area (TPSA) is 57.5 Å². The number of alkyl halides is 1. The number of fused-ring (bicyclic) bond motifs is 1. The fraction of sp³-hybridized carbons (Fsp3) is 0.286. The zero-order valence-electron chi connectivity index (χ0n) is 13.1. The van der Waals surface area contributed by atoms with E-state index in [0.29, 0.717) is 6.07 Å². The second-order valence-corrected chi connectivity index (χ2v) is 5.37. The lowest BCUT2D eigenvalue weighted by Crippen LogP contribution is -2.24. The third-order valence-corrected chi connectivity index (χ3v) is 3.82. The van der Waals surface area contributed by atoms with Crippen molar-refractivity contribution in [2.45, 2.75) is 18.6 Å². The first-order chi connectivity index (χ1) is 11.8. The van der Waals surface area contributed by atoms with Crippen molar-refractivity contribution in [3.05, 3.63) is 39.7 Å². The number of ether oxygens (including phenoxy) is 1. The molecule has 3 rings (SSSR count). The summed E-state index contributed by atoms with van der Waals surface area (Å²) < 4.78 is 75.1. The van der Waals surface area contributed by atoms with E-state index in [1.54, 1.807) is 0 Å². The van der Waals surface area contributed by atoms with Gasteiger partial charge in [0.25, 0.3) is 0 Å². The number of hydrogen-bond donors (Lipinski definition) is 0. The van der Waals surface area contributed by atoms with E-state index < -0.39 is 59.4 Å². The Hall–Kier alpha value is -2.24. The zero-order valence-corrected chi connectivity index (χ0v) is 14.1. The van der Waals surface area contributed by atoms with E-state index >= 15 is 0 Å². The van der Waals surface area contributed by atoms with E-state index in [9.17, 15) is 31.4 Å². The quantitative estimate of drug-likeness (QED) is 0.590. The molecule has 0 unspecified atom stereocenters. The average molecular weight is 395 g/mol. The predicted molar refractivity (Wildman–Crippen MR) is 87.0 cm³/mol. The molecule has 1 aromatic heterocycles. The number of rotatable bonds is 4. The van der Waals surface area contributed by atoms with Crippen LogP contribution in [0.15, 0.2) is 17.1 Å². The summed E-state index contributed by atoms with van der Waals surface area (Å²) in [6, 6.07) is -0.374. The van der Waals surface area contributed by atoms with Crippen molar-refractivity contribution in [3.63, 3.8) is 0 Å². The number of nitrogens with zero attached hydrogens (tertiary/aromatic N) is 1. The van der Waals surface area contributed by atoms with E-state index in [2.05, 4.69) is 4.65 Å². The second-order valence-electron chi connectivity index (χ2n) is 5.37. The van der Waals surface area contributed by atoms with Gasteiger partial charge in [-0.15, -0.1) is 0 Å². The number of halogens is 5. The van der Waals surface area contributed by atoms with Crippen LogP contribution in [0.2, 0.25) is 0 Å². The van der Waals surface area contributed by atoms with Crippen molar-refractivity contribution in [1.82, 2.24) is 4.57 Å². The van der Waals surface area contributed by atoms with E-state index in [0.717, 1.165) is 17.9 Å². The number of carbonyl (C=O) groups is 1. The summed E-state index contributed by atoms with van der Waals surface area (Å²) in [6.45, 7) is 0. The summed E-state index contributed by atoms with van der Waals surface area (Å²) in [5.74, 6) is -5.16. The molecule has 2 atom stereocenters. The fourth-order valence-electron chi connectivity index (χ4n) is 2.61. The summed E-state index contributed by atoms with van der Waals surface area (Å²) >= 11 is 0. The summed E-state index contributed by atoms with van der Waals surface area (Å²) in [5, 5.41) is -0.515. The van der Waals surface area contributed by atoms with Crippen molar-refractivity contribution in [1.29, 1.82) is 0 Å². The van der Waals surface area contributed by atoms with Crippen molar-refractivity contribution >= 4 is 37.8 Å². The highest BCUT2D eigenvalue weighted by Crippen LogP contribution is 2.43. The summed E-state index contributed by atoms with van der Waals surface area (Å²) in [5.41, 5.74) is -2.28. The van der Waals surface area contributed by atoms with Gasteiger partial charge in [0, 0.05) is 12.6 Å². The van der Waals surface area contributed by atoms with Crippen LogP contribution in [-0.2, 0) is 4.65 Å². The molecule has 0 bridgehead atoms. The normalized spacial score (nSPS) is 18.2. The Bertz CT molecular complexity index is 938. The molecule has 1 fully saturated rings. The van der Waals surface area contributed by atoms with Gasteiger partial charge in [-0.25, -0.2) is 22.2 Å². The number of carbonyl (C=O) groups excluding carboxylic acids is 1. The molecule has 0 amide bonds. The van der Waals surface area contributed by atoms with Crippen LogP contribution >= 0.6 is 13.5 Å². The average Bonchev–Trinajstić information content (AvgIpc) is 3.25. The lowest BCUT2D eigenvalue weighted by atomic mass is 10.1. The molecule has 1 saturated carbocycles. The molecule has 5 nitrogen and oxygen atoms in total. The van der Waals surface area contributed by atoms with Gasteiger partial charge in [0.1, 0.15) is 11.7 Å². The smallest absolute Gasteiger partial charge is 0.491 e. The van der Waals surface area contributed by atoms with Crippen LogP contribution in [0.3, 0.4) is 0 Å². The highest BCUT2D eigenvalue weighted by Gasteiger charge is 2.41.